The van der Waals surface area contributed by atoms with Crippen LogP contribution in [0.4, 0.5) is 11.4 Å². The maximum atomic E-state index is 12.9. The lowest BCUT2D eigenvalue weighted by Gasteiger charge is -2.35. The molecule has 1 amide bonds. The molecule has 8 heteroatoms. The third-order valence-corrected chi connectivity index (χ3v) is 6.52. The predicted octanol–water partition coefficient (Wildman–Crippen LogP) is 3.42. The second-order valence-corrected chi connectivity index (χ2v) is 7.90. The van der Waals surface area contributed by atoms with Crippen LogP contribution < -0.4 is 5.32 Å². The molecular weight excluding hydrogens is 380 g/mol. The molecule has 7 nitrogen and oxygen atoms in total. The van der Waals surface area contributed by atoms with Crippen molar-refractivity contribution in [2.75, 3.05) is 5.32 Å². The summed E-state index contributed by atoms with van der Waals surface area (Å²) in [7, 11) is 0. The average molecular weight is 397 g/mol. The van der Waals surface area contributed by atoms with E-state index in [1.165, 1.54) is 18.2 Å². The van der Waals surface area contributed by atoms with Gasteiger partial charge in [0.1, 0.15) is 0 Å². The Morgan fingerprint density at radius 3 is 2.46 bits per heavy atom. The minimum absolute atomic E-state index is 0.0842. The molecule has 1 saturated carbocycles. The fourth-order valence-corrected chi connectivity index (χ4v) is 4.16. The molecule has 1 aliphatic heterocycles. The summed E-state index contributed by atoms with van der Waals surface area (Å²) in [6.45, 7) is 5.57. The van der Waals surface area contributed by atoms with E-state index in [1.54, 1.807) is 0 Å². The van der Waals surface area contributed by atoms with Crippen LogP contribution in [0.5, 0.6) is 0 Å². The Morgan fingerprint density at radius 2 is 2.00 bits per heavy atom. The maximum absolute atomic E-state index is 12.9. The summed E-state index contributed by atoms with van der Waals surface area (Å²) in [6, 6.07) is 4.08. The van der Waals surface area contributed by atoms with Crippen molar-refractivity contribution in [3.8, 4) is 0 Å². The third kappa shape index (κ3) is 1.95. The Bertz CT molecular complexity index is 778. The second kappa shape index (κ2) is 5.02. The largest absolute Gasteiger partial charge is 0.448 e. The van der Waals surface area contributed by atoms with Gasteiger partial charge >= 0.3 is 5.97 Å². The first-order valence-corrected chi connectivity index (χ1v) is 8.33. The molecule has 1 aromatic rings. The molecule has 24 heavy (non-hydrogen) atoms. The maximum Gasteiger partial charge on any atom is 0.313 e. The molecule has 2 fully saturated rings. The van der Waals surface area contributed by atoms with Crippen molar-refractivity contribution in [2.24, 2.45) is 10.8 Å². The van der Waals surface area contributed by atoms with E-state index in [1.807, 2.05) is 20.8 Å². The highest BCUT2D eigenvalue weighted by Crippen LogP contribution is 2.65. The number of nitrogens with zero attached hydrogens (tertiary/aromatic N) is 1. The number of nitro benzene ring substituents is 1. The van der Waals surface area contributed by atoms with Crippen LogP contribution in [0.15, 0.2) is 22.7 Å². The monoisotopic (exact) mass is 396 g/mol. The van der Waals surface area contributed by atoms with Crippen molar-refractivity contribution in [1.82, 2.24) is 0 Å². The van der Waals surface area contributed by atoms with E-state index in [9.17, 15) is 19.7 Å². The molecule has 0 radical (unpaired) electrons. The van der Waals surface area contributed by atoms with Gasteiger partial charge in [-0.3, -0.25) is 19.7 Å². The zero-order valence-electron chi connectivity index (χ0n) is 13.5. The molecule has 1 N–H and O–H groups in total. The van der Waals surface area contributed by atoms with Crippen molar-refractivity contribution in [3.63, 3.8) is 0 Å². The summed E-state index contributed by atoms with van der Waals surface area (Å²) >= 11 is 3.23. The molecule has 0 aromatic heterocycles. The Morgan fingerprint density at radius 1 is 1.33 bits per heavy atom. The first-order valence-electron chi connectivity index (χ1n) is 7.54. The first kappa shape index (κ1) is 16.9. The Hall–Kier alpha value is -1.96. The lowest BCUT2D eigenvalue weighted by molar-refractivity contribution is -0.384. The Labute approximate surface area is 147 Å². The topological polar surface area (TPSA) is 98.5 Å². The van der Waals surface area contributed by atoms with Crippen LogP contribution in [0.1, 0.15) is 33.6 Å². The number of halogens is 1. The van der Waals surface area contributed by atoms with Gasteiger partial charge in [-0.05, 0) is 41.8 Å². The van der Waals surface area contributed by atoms with E-state index in [2.05, 4.69) is 21.2 Å². The molecule has 1 saturated heterocycles. The Kier molecular flexibility index (Phi) is 3.53. The minimum Gasteiger partial charge on any atom is -0.448 e. The van der Waals surface area contributed by atoms with Crippen molar-refractivity contribution in [1.29, 1.82) is 0 Å². The van der Waals surface area contributed by atoms with E-state index < -0.39 is 27.3 Å². The van der Waals surface area contributed by atoms with Gasteiger partial charge in [0, 0.05) is 22.0 Å². The molecule has 3 rings (SSSR count). The number of ether oxygens (including phenoxy) is 1. The molecule has 1 aromatic carbocycles. The van der Waals surface area contributed by atoms with Crippen molar-refractivity contribution >= 4 is 39.2 Å². The summed E-state index contributed by atoms with van der Waals surface area (Å²) in [5.74, 6) is -0.756. The highest BCUT2D eigenvalue weighted by molar-refractivity contribution is 9.10. The lowest BCUT2D eigenvalue weighted by Crippen LogP contribution is -2.50. The summed E-state index contributed by atoms with van der Waals surface area (Å²) in [5.41, 5.74) is -2.24. The Balaban J connectivity index is 1.91. The number of non-ortho nitro benzene ring substituents is 1. The number of carbonyl (C=O) groups excluding carboxylic acids is 2. The molecule has 2 unspecified atom stereocenters. The van der Waals surface area contributed by atoms with Crippen LogP contribution in [-0.2, 0) is 14.3 Å². The van der Waals surface area contributed by atoms with Crippen molar-refractivity contribution in [2.45, 2.75) is 39.2 Å². The van der Waals surface area contributed by atoms with Crippen molar-refractivity contribution < 1.29 is 19.2 Å². The van der Waals surface area contributed by atoms with Crippen LogP contribution in [0.3, 0.4) is 0 Å². The number of rotatable bonds is 3. The molecule has 1 heterocycles. The van der Waals surface area contributed by atoms with Gasteiger partial charge in [-0.1, -0.05) is 13.8 Å². The number of nitrogens with one attached hydrogen (secondary N) is 1. The van der Waals surface area contributed by atoms with Gasteiger partial charge in [-0.2, -0.15) is 0 Å². The standard InChI is InChI=1S/C16H17BrN2O5/c1-14(2)15(3)6-7-16(14,24-13(15)21)12(20)18-11-5-4-9(19(22)23)8-10(11)17/h4-5,8H,6-7H2,1-3H3,(H,18,20). The number of nitro groups is 1. The second-order valence-electron chi connectivity index (χ2n) is 7.05. The molecule has 2 bridgehead atoms. The molecule has 2 aliphatic rings. The van der Waals surface area contributed by atoms with Crippen LogP contribution in [-0.4, -0.2) is 22.4 Å². The fraction of sp³-hybridized carbons (Fsp3) is 0.500. The number of carbonyl (C=O) groups is 2. The number of amides is 1. The van der Waals surface area contributed by atoms with Crippen LogP contribution in [0, 0.1) is 20.9 Å². The average Bonchev–Trinajstić information content (AvgIpc) is 2.79. The van der Waals surface area contributed by atoms with Crippen LogP contribution in [0.2, 0.25) is 0 Å². The zero-order valence-corrected chi connectivity index (χ0v) is 15.1. The summed E-state index contributed by atoms with van der Waals surface area (Å²) < 4.78 is 5.92. The number of esters is 1. The normalized spacial score (nSPS) is 30.1. The van der Waals surface area contributed by atoms with Crippen LogP contribution >= 0.6 is 15.9 Å². The number of fused-ring (bicyclic) bond motifs is 2. The fourth-order valence-electron chi connectivity index (χ4n) is 3.69. The van der Waals surface area contributed by atoms with E-state index in [-0.39, 0.29) is 11.7 Å². The summed E-state index contributed by atoms with van der Waals surface area (Å²) in [5, 5.41) is 13.5. The van der Waals surface area contributed by atoms with Gasteiger partial charge in [-0.25, -0.2) is 0 Å². The predicted molar refractivity (Wildman–Crippen MR) is 89.4 cm³/mol. The molecule has 2 atom stereocenters. The van der Waals surface area contributed by atoms with Gasteiger partial charge in [0.25, 0.3) is 11.6 Å². The number of anilines is 1. The quantitative estimate of drug-likeness (QED) is 0.479. The SMILES string of the molecule is CC12CCC(C(=O)Nc3ccc([N+](=O)[O-])cc3Br)(OC1=O)C2(C)C. The van der Waals surface area contributed by atoms with Gasteiger partial charge in [0.2, 0.25) is 0 Å². The lowest BCUT2D eigenvalue weighted by atomic mass is 9.66. The number of hydrogen-bond acceptors (Lipinski definition) is 5. The number of benzene rings is 1. The molecular formula is C16H17BrN2O5. The van der Waals surface area contributed by atoms with E-state index in [0.29, 0.717) is 23.0 Å². The van der Waals surface area contributed by atoms with E-state index >= 15 is 0 Å². The highest BCUT2D eigenvalue weighted by atomic mass is 79.9. The minimum atomic E-state index is -1.22. The molecule has 0 spiro atoms. The van der Waals surface area contributed by atoms with Crippen LogP contribution in [0.25, 0.3) is 0 Å². The van der Waals surface area contributed by atoms with Gasteiger partial charge in [0.15, 0.2) is 5.60 Å². The van der Waals surface area contributed by atoms with E-state index in [0.717, 1.165) is 0 Å². The summed E-state index contributed by atoms with van der Waals surface area (Å²) in [6.07, 6.45) is 1.05. The van der Waals surface area contributed by atoms with Gasteiger partial charge in [-0.15, -0.1) is 0 Å². The summed E-state index contributed by atoms with van der Waals surface area (Å²) in [4.78, 5) is 35.4. The zero-order chi connectivity index (χ0) is 17.9. The van der Waals surface area contributed by atoms with Gasteiger partial charge < -0.3 is 10.1 Å². The van der Waals surface area contributed by atoms with Crippen molar-refractivity contribution in [3.05, 3.63) is 32.8 Å². The van der Waals surface area contributed by atoms with E-state index in [4.69, 9.17) is 4.74 Å². The molecule has 128 valence electrons. The number of hydrogen-bond donors (Lipinski definition) is 1. The first-order chi connectivity index (χ1) is 11.0. The van der Waals surface area contributed by atoms with Gasteiger partial charge in [0.05, 0.1) is 16.0 Å². The third-order valence-electron chi connectivity index (χ3n) is 5.86. The highest BCUT2D eigenvalue weighted by Gasteiger charge is 2.75. The molecule has 1 aliphatic carbocycles. The smallest absolute Gasteiger partial charge is 0.313 e.